The lowest BCUT2D eigenvalue weighted by atomic mass is 9.88. The van der Waals surface area contributed by atoms with Gasteiger partial charge >= 0.3 is 0 Å². The third kappa shape index (κ3) is 5.40. The third-order valence-corrected chi connectivity index (χ3v) is 6.96. The van der Waals surface area contributed by atoms with Gasteiger partial charge in [-0.2, -0.15) is 5.26 Å². The maximum atomic E-state index is 14.9. The Labute approximate surface area is 194 Å². The first-order valence-corrected chi connectivity index (χ1v) is 11.7. The number of hydrogen-bond acceptors (Lipinski definition) is 5. The highest BCUT2D eigenvalue weighted by Crippen LogP contribution is 2.36. The molecule has 0 radical (unpaired) electrons. The number of carbonyl (C=O) groups is 1. The average Bonchev–Trinajstić information content (AvgIpc) is 3.43. The quantitative estimate of drug-likeness (QED) is 0.636. The average molecular weight is 451 g/mol. The molecule has 1 aromatic carbocycles. The number of nitriles is 1. The van der Waals surface area contributed by atoms with E-state index in [-0.39, 0.29) is 30.2 Å². The molecule has 1 saturated carbocycles. The summed E-state index contributed by atoms with van der Waals surface area (Å²) in [5.41, 5.74) is 1.77. The summed E-state index contributed by atoms with van der Waals surface area (Å²) in [6, 6.07) is 10.6. The molecule has 2 bridgehead atoms. The maximum absolute atomic E-state index is 14.9. The number of nitrogens with one attached hydrogen (secondary N) is 1. The van der Waals surface area contributed by atoms with Crippen molar-refractivity contribution in [2.24, 2.45) is 11.8 Å². The van der Waals surface area contributed by atoms with E-state index in [9.17, 15) is 19.2 Å². The number of halogens is 1. The van der Waals surface area contributed by atoms with Gasteiger partial charge in [-0.25, -0.2) is 4.39 Å². The Morgan fingerprint density at radius 3 is 2.70 bits per heavy atom. The lowest BCUT2D eigenvalue weighted by Crippen LogP contribution is -2.42. The summed E-state index contributed by atoms with van der Waals surface area (Å²) in [7, 11) is 3.89. The van der Waals surface area contributed by atoms with Crippen LogP contribution >= 0.6 is 0 Å². The van der Waals surface area contributed by atoms with Gasteiger partial charge in [0.1, 0.15) is 5.82 Å². The second kappa shape index (κ2) is 9.98. The fourth-order valence-corrected chi connectivity index (χ4v) is 5.09. The Hall–Kier alpha value is -2.82. The summed E-state index contributed by atoms with van der Waals surface area (Å²) in [6.07, 6.45) is 5.35. The molecular weight excluding hydrogens is 419 g/mol. The monoisotopic (exact) mass is 450 g/mol. The smallest absolute Gasteiger partial charge is 0.250 e. The second-order valence-electron chi connectivity index (χ2n) is 9.67. The summed E-state index contributed by atoms with van der Waals surface area (Å²) in [5, 5.41) is 13.0. The van der Waals surface area contributed by atoms with Gasteiger partial charge in [-0.1, -0.05) is 12.1 Å². The molecule has 6 nitrogen and oxygen atoms in total. The molecule has 1 N–H and O–H groups in total. The van der Waals surface area contributed by atoms with Crippen LogP contribution in [0.2, 0.25) is 0 Å². The van der Waals surface area contributed by atoms with Gasteiger partial charge in [0, 0.05) is 37.8 Å². The van der Waals surface area contributed by atoms with E-state index >= 15 is 0 Å². The van der Waals surface area contributed by atoms with Crippen molar-refractivity contribution >= 4 is 5.78 Å². The zero-order valence-corrected chi connectivity index (χ0v) is 19.3. The number of likely N-dealkylation sites (N-methyl/N-ethyl adjacent to an activating group) is 1. The SMILES string of the molecule is CN(C)CCn1cc(-c2ccc(C[C@@H](C#N)CC(=O)[C@H]3N[C@@H]4CC[C@H]3C4)c(F)c2)ccc1=O. The molecule has 1 aliphatic carbocycles. The van der Waals surface area contributed by atoms with Crippen LogP contribution < -0.4 is 10.9 Å². The summed E-state index contributed by atoms with van der Waals surface area (Å²) < 4.78 is 16.6. The number of benzene rings is 1. The van der Waals surface area contributed by atoms with Gasteiger partial charge in [0.25, 0.3) is 5.56 Å². The van der Waals surface area contributed by atoms with E-state index in [2.05, 4.69) is 11.4 Å². The molecule has 0 amide bonds. The topological polar surface area (TPSA) is 78.1 Å². The van der Waals surface area contributed by atoms with Crippen LogP contribution in [0, 0.1) is 29.0 Å². The van der Waals surface area contributed by atoms with Crippen molar-refractivity contribution in [2.75, 3.05) is 20.6 Å². The minimum Gasteiger partial charge on any atom is -0.314 e. The van der Waals surface area contributed by atoms with Crippen LogP contribution in [0.3, 0.4) is 0 Å². The molecular formula is C26H31FN4O2. The highest BCUT2D eigenvalue weighted by atomic mass is 19.1. The summed E-state index contributed by atoms with van der Waals surface area (Å²) in [4.78, 5) is 26.9. The van der Waals surface area contributed by atoms with E-state index in [0.29, 0.717) is 29.6 Å². The number of Topliss-reactive ketones (excluding diaryl/α,β-unsaturated/α-hetero) is 1. The lowest BCUT2D eigenvalue weighted by molar-refractivity contribution is -0.122. The Bertz CT molecular complexity index is 1120. The molecule has 2 fully saturated rings. The van der Waals surface area contributed by atoms with Crippen LogP contribution in [-0.4, -0.2) is 48.0 Å². The largest absolute Gasteiger partial charge is 0.314 e. The van der Waals surface area contributed by atoms with E-state index < -0.39 is 11.7 Å². The summed E-state index contributed by atoms with van der Waals surface area (Å²) in [5.74, 6) is -0.486. The lowest BCUT2D eigenvalue weighted by Gasteiger charge is -2.22. The summed E-state index contributed by atoms with van der Waals surface area (Å²) in [6.45, 7) is 1.28. The van der Waals surface area contributed by atoms with Crippen LogP contribution in [0.1, 0.15) is 31.2 Å². The fraction of sp³-hybridized carbons (Fsp3) is 0.500. The molecule has 1 aliphatic heterocycles. The zero-order valence-electron chi connectivity index (χ0n) is 19.3. The number of nitrogens with zero attached hydrogens (tertiary/aromatic N) is 3. The molecule has 0 unspecified atom stereocenters. The zero-order chi connectivity index (χ0) is 23.5. The molecule has 4 rings (SSSR count). The molecule has 2 aromatic rings. The molecule has 33 heavy (non-hydrogen) atoms. The normalized spacial score (nSPS) is 22.5. The highest BCUT2D eigenvalue weighted by Gasteiger charge is 2.42. The van der Waals surface area contributed by atoms with Crippen LogP contribution in [0.25, 0.3) is 11.1 Å². The van der Waals surface area contributed by atoms with Gasteiger partial charge in [-0.05, 0) is 74.5 Å². The predicted molar refractivity (Wildman–Crippen MR) is 125 cm³/mol. The van der Waals surface area contributed by atoms with Gasteiger partial charge in [-0.15, -0.1) is 0 Å². The van der Waals surface area contributed by atoms with E-state index in [1.807, 2.05) is 25.1 Å². The first kappa shape index (κ1) is 23.3. The second-order valence-corrected chi connectivity index (χ2v) is 9.67. The van der Waals surface area contributed by atoms with Crippen molar-refractivity contribution in [3.05, 3.63) is 58.3 Å². The van der Waals surface area contributed by atoms with Crippen LogP contribution in [0.4, 0.5) is 4.39 Å². The molecule has 7 heteroatoms. The van der Waals surface area contributed by atoms with Crippen molar-refractivity contribution in [2.45, 2.75) is 50.7 Å². The Balaban J connectivity index is 1.44. The molecule has 0 spiro atoms. The number of piperidine rings is 1. The molecule has 1 aromatic heterocycles. The Kier molecular flexibility index (Phi) is 7.06. The van der Waals surface area contributed by atoms with Gasteiger partial charge in [0.15, 0.2) is 5.78 Å². The highest BCUT2D eigenvalue weighted by molar-refractivity contribution is 5.85. The first-order chi connectivity index (χ1) is 15.8. The van der Waals surface area contributed by atoms with E-state index in [4.69, 9.17) is 0 Å². The van der Waals surface area contributed by atoms with E-state index in [0.717, 1.165) is 31.4 Å². The van der Waals surface area contributed by atoms with Gasteiger partial charge in [0.05, 0.1) is 18.0 Å². The van der Waals surface area contributed by atoms with Crippen LogP contribution in [0.15, 0.2) is 41.3 Å². The van der Waals surface area contributed by atoms with E-state index in [1.54, 1.807) is 22.9 Å². The van der Waals surface area contributed by atoms with Gasteiger partial charge < -0.3 is 14.8 Å². The number of fused-ring (bicyclic) bond motifs is 2. The number of hydrogen-bond donors (Lipinski definition) is 1. The number of carbonyl (C=O) groups excluding carboxylic acids is 1. The summed E-state index contributed by atoms with van der Waals surface area (Å²) >= 11 is 0. The number of aromatic nitrogens is 1. The van der Waals surface area contributed by atoms with Crippen molar-refractivity contribution in [3.8, 4) is 17.2 Å². The van der Waals surface area contributed by atoms with Gasteiger partial charge in [-0.3, -0.25) is 9.59 Å². The first-order valence-electron chi connectivity index (χ1n) is 11.7. The minimum atomic E-state index is -0.549. The number of pyridine rings is 1. The van der Waals surface area contributed by atoms with E-state index in [1.165, 1.54) is 12.1 Å². The van der Waals surface area contributed by atoms with Crippen molar-refractivity contribution in [3.63, 3.8) is 0 Å². The Morgan fingerprint density at radius 1 is 1.27 bits per heavy atom. The Morgan fingerprint density at radius 2 is 2.06 bits per heavy atom. The fourth-order valence-electron chi connectivity index (χ4n) is 5.09. The van der Waals surface area contributed by atoms with Crippen molar-refractivity contribution in [1.29, 1.82) is 5.26 Å². The predicted octanol–water partition coefficient (Wildman–Crippen LogP) is 3.00. The molecule has 2 aliphatic rings. The molecule has 1 saturated heterocycles. The minimum absolute atomic E-state index is 0.0748. The number of ketones is 1. The van der Waals surface area contributed by atoms with Crippen molar-refractivity contribution in [1.82, 2.24) is 14.8 Å². The molecule has 174 valence electrons. The standard InChI is InChI=1S/C26H31FN4O2/c1-30(2)9-10-31-16-21(6-8-25(31)33)18-3-4-19(23(27)14-18)11-17(15-28)12-24(32)26-20-5-7-22(13-20)29-26/h3-4,6,8,14,16-17,20,22,26,29H,5,7,9-13H2,1-2H3/t17-,20+,22-,26+/m1/s1. The van der Waals surface area contributed by atoms with Crippen LogP contribution in [0.5, 0.6) is 0 Å². The van der Waals surface area contributed by atoms with Gasteiger partial charge in [0.2, 0.25) is 0 Å². The third-order valence-electron chi connectivity index (χ3n) is 6.96. The van der Waals surface area contributed by atoms with Crippen molar-refractivity contribution < 1.29 is 9.18 Å². The number of rotatable bonds is 9. The maximum Gasteiger partial charge on any atom is 0.250 e. The van der Waals surface area contributed by atoms with Crippen LogP contribution in [-0.2, 0) is 17.8 Å². The molecule has 4 atom stereocenters. The molecule has 2 heterocycles.